The van der Waals surface area contributed by atoms with Gasteiger partial charge in [-0.3, -0.25) is 4.79 Å². The van der Waals surface area contributed by atoms with Crippen molar-refractivity contribution in [2.75, 3.05) is 0 Å². The fourth-order valence-electron chi connectivity index (χ4n) is 7.15. The number of rotatable bonds is 3. The second kappa shape index (κ2) is 5.24. The lowest BCUT2D eigenvalue weighted by Gasteiger charge is -2.48. The minimum Gasteiger partial charge on any atom is -0.458 e. The molecule has 4 fully saturated rings. The molecule has 2 heteroatoms. The van der Waals surface area contributed by atoms with E-state index in [2.05, 4.69) is 34.6 Å². The Labute approximate surface area is 148 Å². The zero-order valence-corrected chi connectivity index (χ0v) is 16.5. The predicted octanol–water partition coefficient (Wildman–Crippen LogP) is 5.31. The van der Waals surface area contributed by atoms with Crippen molar-refractivity contribution in [3.8, 4) is 0 Å². The molecule has 0 aromatic heterocycles. The molecule has 0 aromatic rings. The van der Waals surface area contributed by atoms with E-state index in [1.54, 1.807) is 0 Å². The molecule has 136 valence electrons. The molecule has 0 saturated heterocycles. The molecule has 0 aliphatic heterocycles. The number of carbonyl (C=O) groups excluding carboxylic acids is 1. The lowest BCUT2D eigenvalue weighted by molar-refractivity contribution is -0.188. The van der Waals surface area contributed by atoms with E-state index in [0.29, 0.717) is 11.8 Å². The van der Waals surface area contributed by atoms with Crippen LogP contribution in [0.5, 0.6) is 0 Å². The van der Waals surface area contributed by atoms with Crippen LogP contribution in [0.3, 0.4) is 0 Å². The third kappa shape index (κ3) is 2.16. The molecule has 4 aliphatic rings. The van der Waals surface area contributed by atoms with Crippen molar-refractivity contribution in [2.45, 2.75) is 79.2 Å². The van der Waals surface area contributed by atoms with Gasteiger partial charge in [-0.05, 0) is 73.0 Å². The molecule has 4 saturated carbocycles. The zero-order chi connectivity index (χ0) is 17.4. The van der Waals surface area contributed by atoms with E-state index in [1.807, 2.05) is 6.92 Å². The van der Waals surface area contributed by atoms with E-state index in [4.69, 9.17) is 4.74 Å². The van der Waals surface area contributed by atoms with E-state index < -0.39 is 0 Å². The second-order valence-corrected chi connectivity index (χ2v) is 10.9. The maximum atomic E-state index is 13.0. The predicted molar refractivity (Wildman–Crippen MR) is 96.3 cm³/mol. The smallest absolute Gasteiger partial charge is 0.309 e. The van der Waals surface area contributed by atoms with Gasteiger partial charge >= 0.3 is 5.97 Å². The summed E-state index contributed by atoms with van der Waals surface area (Å²) in [6, 6.07) is 0. The van der Waals surface area contributed by atoms with Crippen molar-refractivity contribution in [1.82, 2.24) is 0 Å². The first-order valence-corrected chi connectivity index (χ1v) is 10.4. The van der Waals surface area contributed by atoms with E-state index in [-0.39, 0.29) is 22.9 Å². The third-order valence-electron chi connectivity index (χ3n) is 8.74. The van der Waals surface area contributed by atoms with Crippen molar-refractivity contribution in [1.29, 1.82) is 0 Å². The molecule has 2 nitrogen and oxygen atoms in total. The SMILES string of the molecule is CC(C(=O)OC1(C(C)C)CC2CC1C1C3CCC(C3)C21)C(C)(C)C. The quantitative estimate of drug-likeness (QED) is 0.517. The Bertz CT molecular complexity index is 531. The highest BCUT2D eigenvalue weighted by atomic mass is 16.6. The highest BCUT2D eigenvalue weighted by Crippen LogP contribution is 2.71. The van der Waals surface area contributed by atoms with Crippen LogP contribution in [0.15, 0.2) is 0 Å². The molecule has 0 N–H and O–H groups in total. The van der Waals surface area contributed by atoms with Crippen molar-refractivity contribution in [3.05, 3.63) is 0 Å². The Kier molecular flexibility index (Phi) is 3.69. The maximum absolute atomic E-state index is 13.0. The van der Waals surface area contributed by atoms with E-state index in [9.17, 15) is 4.79 Å². The van der Waals surface area contributed by atoms with Gasteiger partial charge in [0.25, 0.3) is 0 Å². The van der Waals surface area contributed by atoms with Crippen LogP contribution in [0.4, 0.5) is 0 Å². The van der Waals surface area contributed by atoms with Crippen LogP contribution >= 0.6 is 0 Å². The lowest BCUT2D eigenvalue weighted by atomic mass is 9.63. The molecule has 0 spiro atoms. The van der Waals surface area contributed by atoms with Crippen LogP contribution in [-0.2, 0) is 9.53 Å². The molecule has 0 radical (unpaired) electrons. The van der Waals surface area contributed by atoms with Gasteiger partial charge in [0.1, 0.15) is 5.60 Å². The van der Waals surface area contributed by atoms with Crippen molar-refractivity contribution >= 4 is 5.97 Å². The third-order valence-corrected chi connectivity index (χ3v) is 8.74. The molecule has 24 heavy (non-hydrogen) atoms. The van der Waals surface area contributed by atoms with Gasteiger partial charge in [-0.25, -0.2) is 0 Å². The number of hydrogen-bond acceptors (Lipinski definition) is 2. The van der Waals surface area contributed by atoms with Crippen LogP contribution in [0.25, 0.3) is 0 Å². The van der Waals surface area contributed by atoms with Gasteiger partial charge in [-0.2, -0.15) is 0 Å². The standard InChI is InChI=1S/C22H36O2/c1-12(2)22(24-20(23)13(3)21(4,5)6)11-16-10-17(22)19-15-8-7-14(9-15)18(16)19/h12-19H,7-11H2,1-6H3. The molecule has 4 rings (SSSR count). The summed E-state index contributed by atoms with van der Waals surface area (Å²) in [5.74, 6) is 5.68. The van der Waals surface area contributed by atoms with Gasteiger partial charge in [0.15, 0.2) is 0 Å². The largest absolute Gasteiger partial charge is 0.458 e. The van der Waals surface area contributed by atoms with Gasteiger partial charge < -0.3 is 4.74 Å². The Hall–Kier alpha value is -0.530. The summed E-state index contributed by atoms with van der Waals surface area (Å²) in [6.45, 7) is 13.1. The minimum atomic E-state index is -0.174. The number of carbonyl (C=O) groups is 1. The van der Waals surface area contributed by atoms with Crippen LogP contribution < -0.4 is 0 Å². The molecule has 4 aliphatic carbocycles. The average molecular weight is 333 g/mol. The molecule has 8 unspecified atom stereocenters. The van der Waals surface area contributed by atoms with E-state index in [1.165, 1.54) is 25.7 Å². The number of hydrogen-bond donors (Lipinski definition) is 0. The summed E-state index contributed by atoms with van der Waals surface area (Å²) in [5, 5.41) is 0. The minimum absolute atomic E-state index is 0.0260. The van der Waals surface area contributed by atoms with Crippen LogP contribution in [-0.4, -0.2) is 11.6 Å². The monoisotopic (exact) mass is 332 g/mol. The van der Waals surface area contributed by atoms with Gasteiger partial charge in [0.2, 0.25) is 0 Å². The Balaban J connectivity index is 1.59. The summed E-state index contributed by atoms with van der Waals surface area (Å²) < 4.78 is 6.46. The summed E-state index contributed by atoms with van der Waals surface area (Å²) in [4.78, 5) is 13.0. The fourth-order valence-corrected chi connectivity index (χ4v) is 7.15. The van der Waals surface area contributed by atoms with Crippen LogP contribution in [0, 0.1) is 52.8 Å². The van der Waals surface area contributed by atoms with Gasteiger partial charge in [-0.15, -0.1) is 0 Å². The van der Waals surface area contributed by atoms with Gasteiger partial charge in [0.05, 0.1) is 5.92 Å². The summed E-state index contributed by atoms with van der Waals surface area (Å²) >= 11 is 0. The van der Waals surface area contributed by atoms with Crippen molar-refractivity contribution in [2.24, 2.45) is 52.8 Å². The normalized spacial score (nSPS) is 47.3. The summed E-state index contributed by atoms with van der Waals surface area (Å²) in [6.07, 6.45) is 6.86. The van der Waals surface area contributed by atoms with E-state index in [0.717, 1.165) is 36.0 Å². The Morgan fingerprint density at radius 1 is 1.00 bits per heavy atom. The van der Waals surface area contributed by atoms with Gasteiger partial charge in [-0.1, -0.05) is 41.5 Å². The summed E-state index contributed by atoms with van der Waals surface area (Å²) in [5.41, 5.74) is -0.200. The van der Waals surface area contributed by atoms with Gasteiger partial charge in [0, 0.05) is 5.92 Å². The highest BCUT2D eigenvalue weighted by Gasteiger charge is 2.69. The maximum Gasteiger partial charge on any atom is 0.309 e. The Morgan fingerprint density at radius 3 is 2.21 bits per heavy atom. The highest BCUT2D eigenvalue weighted by molar-refractivity contribution is 5.73. The molecular weight excluding hydrogens is 296 g/mol. The molecule has 8 atom stereocenters. The summed E-state index contributed by atoms with van der Waals surface area (Å²) in [7, 11) is 0. The first-order valence-electron chi connectivity index (χ1n) is 10.4. The first kappa shape index (κ1) is 16.9. The topological polar surface area (TPSA) is 26.3 Å². The van der Waals surface area contributed by atoms with E-state index >= 15 is 0 Å². The lowest BCUT2D eigenvalue weighted by Crippen LogP contribution is -2.52. The van der Waals surface area contributed by atoms with Crippen molar-refractivity contribution in [3.63, 3.8) is 0 Å². The Morgan fingerprint density at radius 2 is 1.62 bits per heavy atom. The van der Waals surface area contributed by atoms with Crippen molar-refractivity contribution < 1.29 is 9.53 Å². The number of fused-ring (bicyclic) bond motifs is 9. The molecule has 0 aromatic carbocycles. The number of esters is 1. The van der Waals surface area contributed by atoms with Crippen LogP contribution in [0.1, 0.15) is 73.6 Å². The number of ether oxygens (including phenoxy) is 1. The average Bonchev–Trinajstić information content (AvgIpc) is 3.22. The molecule has 4 bridgehead atoms. The molecule has 0 amide bonds. The first-order chi connectivity index (χ1) is 11.1. The second-order valence-electron chi connectivity index (χ2n) is 10.9. The van der Waals surface area contributed by atoms with Crippen LogP contribution in [0.2, 0.25) is 0 Å². The molecule has 0 heterocycles. The fraction of sp³-hybridized carbons (Fsp3) is 0.955. The zero-order valence-electron chi connectivity index (χ0n) is 16.5. The molecular formula is C22H36O2.